The van der Waals surface area contributed by atoms with Crippen molar-refractivity contribution in [1.29, 1.82) is 0 Å². The predicted octanol–water partition coefficient (Wildman–Crippen LogP) is 3.82. The van der Waals surface area contributed by atoms with Gasteiger partial charge in [-0.3, -0.25) is 9.46 Å². The third-order valence-electron chi connectivity index (χ3n) is 5.58. The average molecular weight is 423 g/mol. The Morgan fingerprint density at radius 2 is 2.00 bits per heavy atom. The van der Waals surface area contributed by atoms with Crippen LogP contribution in [0.3, 0.4) is 0 Å². The molecule has 8 nitrogen and oxygen atoms in total. The molecule has 2 aromatic heterocycles. The second-order valence-corrected chi connectivity index (χ2v) is 10.0. The van der Waals surface area contributed by atoms with Crippen LogP contribution in [0.1, 0.15) is 60.0 Å². The molecule has 29 heavy (non-hydrogen) atoms. The summed E-state index contributed by atoms with van der Waals surface area (Å²) >= 11 is 0. The zero-order valence-corrected chi connectivity index (χ0v) is 19.6. The summed E-state index contributed by atoms with van der Waals surface area (Å²) in [6.45, 7) is 17.0. The molecular formula is C20H34N5O3P. The number of aromatic amines is 1. The highest BCUT2D eigenvalue weighted by Crippen LogP contribution is 2.48. The van der Waals surface area contributed by atoms with Gasteiger partial charge in [0.15, 0.2) is 11.9 Å². The fraction of sp³-hybridized carbons (Fsp3) is 0.750. The summed E-state index contributed by atoms with van der Waals surface area (Å²) in [5, 5.41) is 4.95. The van der Waals surface area contributed by atoms with Crippen LogP contribution in [0.25, 0.3) is 11.0 Å². The minimum absolute atomic E-state index is 0.0716. The number of H-pyrrole nitrogens is 1. The van der Waals surface area contributed by atoms with Gasteiger partial charge in [0.2, 0.25) is 0 Å². The Hall–Kier alpha value is -1.34. The summed E-state index contributed by atoms with van der Waals surface area (Å²) in [5.41, 5.74) is 0.358. The molecule has 0 bridgehead atoms. The molecule has 3 rings (SSSR count). The molecule has 0 aliphatic carbocycles. The Balaban J connectivity index is 1.98. The fourth-order valence-electron chi connectivity index (χ4n) is 4.37. The number of aryl methyl sites for hydroxylation is 1. The summed E-state index contributed by atoms with van der Waals surface area (Å²) in [5.74, 6) is 0.766. The fourth-order valence-corrected chi connectivity index (χ4v) is 6.43. The zero-order valence-electron chi connectivity index (χ0n) is 18.7. The van der Waals surface area contributed by atoms with E-state index in [9.17, 15) is 4.79 Å². The van der Waals surface area contributed by atoms with E-state index in [2.05, 4.69) is 67.9 Å². The maximum atomic E-state index is 12.3. The van der Waals surface area contributed by atoms with Crippen molar-refractivity contribution in [3.63, 3.8) is 0 Å². The number of nitrogens with one attached hydrogen (secondary N) is 1. The van der Waals surface area contributed by atoms with E-state index in [1.54, 1.807) is 17.8 Å². The van der Waals surface area contributed by atoms with Crippen LogP contribution in [0.15, 0.2) is 11.0 Å². The van der Waals surface area contributed by atoms with E-state index in [1.165, 1.54) is 0 Å². The van der Waals surface area contributed by atoms with E-state index < -0.39 is 14.5 Å². The summed E-state index contributed by atoms with van der Waals surface area (Å²) in [6, 6.07) is 0.773. The molecule has 162 valence electrons. The lowest BCUT2D eigenvalue weighted by Gasteiger charge is -2.37. The van der Waals surface area contributed by atoms with Gasteiger partial charge in [0, 0.05) is 18.0 Å². The van der Waals surface area contributed by atoms with Gasteiger partial charge in [-0.2, -0.15) is 5.10 Å². The molecule has 0 saturated carbocycles. The van der Waals surface area contributed by atoms with Gasteiger partial charge in [-0.1, -0.05) is 13.8 Å². The SMILES string of the molecule is CC[C@H]1O[C@@H](n2ncc3c(=O)[nH]c(C)nc32)[C@@H](OP(C)N(C(C)C)C(C)C)C1C. The molecule has 9 heteroatoms. The van der Waals surface area contributed by atoms with Crippen molar-refractivity contribution in [3.05, 3.63) is 22.4 Å². The molecular weight excluding hydrogens is 389 g/mol. The van der Waals surface area contributed by atoms with E-state index in [0.29, 0.717) is 28.9 Å². The lowest BCUT2D eigenvalue weighted by atomic mass is 9.99. The predicted molar refractivity (Wildman–Crippen MR) is 116 cm³/mol. The number of fused-ring (bicyclic) bond motifs is 1. The first kappa shape index (κ1) is 22.3. The third-order valence-corrected chi connectivity index (χ3v) is 7.71. The summed E-state index contributed by atoms with van der Waals surface area (Å²) in [4.78, 5) is 19.5. The molecule has 0 amide bonds. The second kappa shape index (κ2) is 8.80. The van der Waals surface area contributed by atoms with E-state index in [0.717, 1.165) is 6.42 Å². The lowest BCUT2D eigenvalue weighted by Crippen LogP contribution is -2.35. The highest BCUT2D eigenvalue weighted by atomic mass is 31.2. The number of rotatable bonds is 7. The topological polar surface area (TPSA) is 85.3 Å². The smallest absolute Gasteiger partial charge is 0.262 e. The molecule has 3 heterocycles. The van der Waals surface area contributed by atoms with Gasteiger partial charge < -0.3 is 14.2 Å². The molecule has 0 aromatic carbocycles. The number of ether oxygens (including phenoxy) is 1. The van der Waals surface area contributed by atoms with Crippen LogP contribution in [0.5, 0.6) is 0 Å². The average Bonchev–Trinajstić information content (AvgIpc) is 3.16. The quantitative estimate of drug-likeness (QED) is 0.682. The van der Waals surface area contributed by atoms with Crippen molar-refractivity contribution in [2.75, 3.05) is 6.66 Å². The first-order valence-corrected chi connectivity index (χ1v) is 12.1. The maximum absolute atomic E-state index is 12.3. The monoisotopic (exact) mass is 423 g/mol. The maximum Gasteiger partial charge on any atom is 0.262 e. The minimum atomic E-state index is -0.819. The van der Waals surface area contributed by atoms with Gasteiger partial charge in [-0.05, 0) is 47.7 Å². The molecule has 1 fully saturated rings. The standard InChI is InChI=1S/C20H34N5O3P/c1-9-16-13(6)17(28-29(8)25(11(2)3)12(4)5)20(27-16)24-18-15(10-21-24)19(26)23-14(7)22-18/h10-13,16-17,20H,9H2,1-8H3,(H,22,23,26)/t13?,16-,17+,20-,29?/m1/s1. The van der Waals surface area contributed by atoms with Crippen LogP contribution < -0.4 is 5.56 Å². The Morgan fingerprint density at radius 1 is 1.34 bits per heavy atom. The van der Waals surface area contributed by atoms with Crippen molar-refractivity contribution in [2.45, 2.75) is 85.4 Å². The first-order chi connectivity index (χ1) is 13.6. The van der Waals surface area contributed by atoms with E-state index in [1.807, 2.05) is 0 Å². The van der Waals surface area contributed by atoms with Crippen LogP contribution in [0.4, 0.5) is 0 Å². The van der Waals surface area contributed by atoms with Crippen molar-refractivity contribution in [2.24, 2.45) is 5.92 Å². The van der Waals surface area contributed by atoms with Gasteiger partial charge in [-0.25, -0.2) is 9.67 Å². The van der Waals surface area contributed by atoms with E-state index >= 15 is 0 Å². The molecule has 1 aliphatic rings. The van der Waals surface area contributed by atoms with E-state index in [4.69, 9.17) is 9.26 Å². The van der Waals surface area contributed by atoms with Gasteiger partial charge in [0.05, 0.1) is 12.3 Å². The van der Waals surface area contributed by atoms with Crippen molar-refractivity contribution in [3.8, 4) is 0 Å². The van der Waals surface area contributed by atoms with Crippen molar-refractivity contribution >= 4 is 19.3 Å². The van der Waals surface area contributed by atoms with Crippen LogP contribution in [-0.4, -0.2) is 55.4 Å². The zero-order chi connectivity index (χ0) is 21.5. The third kappa shape index (κ3) is 4.26. The minimum Gasteiger partial charge on any atom is -0.350 e. The van der Waals surface area contributed by atoms with Crippen molar-refractivity contribution < 1.29 is 9.26 Å². The second-order valence-electron chi connectivity index (χ2n) is 8.41. The van der Waals surface area contributed by atoms with E-state index in [-0.39, 0.29) is 23.7 Å². The van der Waals surface area contributed by atoms with Crippen LogP contribution >= 0.6 is 8.30 Å². The number of nitrogens with zero attached hydrogens (tertiary/aromatic N) is 4. The molecule has 2 unspecified atom stereocenters. The molecule has 0 radical (unpaired) electrons. The normalized spacial score (nSPS) is 26.3. The summed E-state index contributed by atoms with van der Waals surface area (Å²) < 4.78 is 17.2. The molecule has 1 saturated heterocycles. The Kier molecular flexibility index (Phi) is 6.78. The number of aromatic nitrogens is 4. The number of hydrogen-bond donors (Lipinski definition) is 1. The largest absolute Gasteiger partial charge is 0.350 e. The molecule has 2 aromatic rings. The van der Waals surface area contributed by atoms with Crippen molar-refractivity contribution in [1.82, 2.24) is 24.4 Å². The Bertz CT molecular complexity index is 888. The molecule has 1 aliphatic heterocycles. The Morgan fingerprint density at radius 3 is 2.59 bits per heavy atom. The number of hydrogen-bond acceptors (Lipinski definition) is 6. The van der Waals surface area contributed by atoms with Gasteiger partial charge in [-0.15, -0.1) is 0 Å². The first-order valence-electron chi connectivity index (χ1n) is 10.4. The molecule has 1 N–H and O–H groups in total. The summed E-state index contributed by atoms with van der Waals surface area (Å²) in [7, 11) is -0.819. The van der Waals surface area contributed by atoms with Crippen LogP contribution in [0, 0.1) is 12.8 Å². The van der Waals surface area contributed by atoms with Gasteiger partial charge in [0.1, 0.15) is 25.6 Å². The molecule has 0 spiro atoms. The molecule has 5 atom stereocenters. The Labute approximate surface area is 173 Å². The highest BCUT2D eigenvalue weighted by molar-refractivity contribution is 7.49. The van der Waals surface area contributed by atoms with Crippen LogP contribution in [-0.2, 0) is 9.26 Å². The highest BCUT2D eigenvalue weighted by Gasteiger charge is 2.45. The van der Waals surface area contributed by atoms with Crippen LogP contribution in [0.2, 0.25) is 0 Å². The lowest BCUT2D eigenvalue weighted by molar-refractivity contribution is -0.0357. The van der Waals surface area contributed by atoms with Gasteiger partial charge in [0.25, 0.3) is 5.56 Å². The van der Waals surface area contributed by atoms with Gasteiger partial charge >= 0.3 is 0 Å². The summed E-state index contributed by atoms with van der Waals surface area (Å²) in [6.07, 6.45) is 1.95.